The van der Waals surface area contributed by atoms with Crippen LogP contribution in [0.15, 0.2) is 0 Å². The third kappa shape index (κ3) is 1.84. The lowest BCUT2D eigenvalue weighted by Crippen LogP contribution is -2.16. The van der Waals surface area contributed by atoms with Gasteiger partial charge in [0.05, 0.1) is 12.5 Å². The molecule has 0 bridgehead atoms. The van der Waals surface area contributed by atoms with Gasteiger partial charge in [0.15, 0.2) is 0 Å². The number of rotatable bonds is 3. The lowest BCUT2D eigenvalue weighted by molar-refractivity contribution is -0.127. The van der Waals surface area contributed by atoms with Crippen LogP contribution in [0.5, 0.6) is 0 Å². The molecule has 0 amide bonds. The molecule has 0 heterocycles. The Morgan fingerprint density at radius 2 is 2.38 bits per heavy atom. The van der Waals surface area contributed by atoms with Crippen LogP contribution in [0.1, 0.15) is 6.92 Å². The molecule has 1 N–H and O–H groups in total. The minimum absolute atomic E-state index is 0.289. The molecule has 0 aromatic rings. The first-order valence-corrected chi connectivity index (χ1v) is 2.29. The summed E-state index contributed by atoms with van der Waals surface area (Å²) in [6.07, 6.45) is 0.447. The molecule has 0 spiro atoms. The zero-order valence-electron chi connectivity index (χ0n) is 4.63. The highest BCUT2D eigenvalue weighted by atomic mass is 16.3. The summed E-state index contributed by atoms with van der Waals surface area (Å²) in [5, 5.41) is 8.24. The van der Waals surface area contributed by atoms with E-state index < -0.39 is 5.92 Å². The van der Waals surface area contributed by atoms with Gasteiger partial charge < -0.3 is 9.90 Å². The van der Waals surface area contributed by atoms with Crippen molar-refractivity contribution in [2.45, 2.75) is 6.92 Å². The summed E-state index contributed by atoms with van der Waals surface area (Å²) in [4.78, 5) is 20.0. The largest absolute Gasteiger partial charge is 0.395 e. The van der Waals surface area contributed by atoms with E-state index in [1.165, 1.54) is 6.92 Å². The molecule has 0 saturated heterocycles. The molecule has 0 rings (SSSR count). The summed E-state index contributed by atoms with van der Waals surface area (Å²) < 4.78 is 0. The first-order valence-electron chi connectivity index (χ1n) is 2.29. The highest BCUT2D eigenvalue weighted by molar-refractivity contribution is 5.91. The van der Waals surface area contributed by atoms with Gasteiger partial charge in [0.2, 0.25) is 0 Å². The Balaban J connectivity index is 3.69. The van der Waals surface area contributed by atoms with E-state index in [9.17, 15) is 9.59 Å². The first kappa shape index (κ1) is 7.30. The van der Waals surface area contributed by atoms with E-state index in [-0.39, 0.29) is 12.4 Å². The van der Waals surface area contributed by atoms with Crippen LogP contribution in [-0.4, -0.2) is 23.8 Å². The lowest BCUT2D eigenvalue weighted by Gasteiger charge is -1.96. The second-order valence-corrected chi connectivity index (χ2v) is 1.54. The molecular weight excluding hydrogens is 108 g/mol. The summed E-state index contributed by atoms with van der Waals surface area (Å²) in [5.41, 5.74) is 0. The van der Waals surface area contributed by atoms with Crippen LogP contribution >= 0.6 is 0 Å². The molecule has 0 fully saturated rings. The van der Waals surface area contributed by atoms with Gasteiger partial charge in [-0.05, 0) is 6.92 Å². The van der Waals surface area contributed by atoms with Gasteiger partial charge in [-0.3, -0.25) is 4.79 Å². The van der Waals surface area contributed by atoms with Crippen molar-refractivity contribution in [2.24, 2.45) is 5.92 Å². The van der Waals surface area contributed by atoms with E-state index >= 15 is 0 Å². The van der Waals surface area contributed by atoms with Crippen LogP contribution in [-0.2, 0) is 9.59 Å². The van der Waals surface area contributed by atoms with Crippen molar-refractivity contribution in [1.29, 1.82) is 0 Å². The highest BCUT2D eigenvalue weighted by Gasteiger charge is 2.09. The normalized spacial score (nSPS) is 12.8. The fourth-order valence-electron chi connectivity index (χ4n) is 0.267. The van der Waals surface area contributed by atoms with Crippen molar-refractivity contribution < 1.29 is 14.7 Å². The quantitative estimate of drug-likeness (QED) is 0.395. The zero-order chi connectivity index (χ0) is 6.57. The second kappa shape index (κ2) is 3.32. The van der Waals surface area contributed by atoms with Crippen LogP contribution in [0, 0.1) is 5.92 Å². The van der Waals surface area contributed by atoms with Crippen LogP contribution in [0.4, 0.5) is 0 Å². The minimum atomic E-state index is -0.810. The van der Waals surface area contributed by atoms with Crippen molar-refractivity contribution in [3.63, 3.8) is 0 Å². The van der Waals surface area contributed by atoms with Crippen molar-refractivity contribution >= 4 is 12.1 Å². The zero-order valence-corrected chi connectivity index (χ0v) is 4.63. The molecule has 0 aliphatic rings. The number of Topliss-reactive ketones (excluding diaryl/α,β-unsaturated/α-hetero) is 1. The summed E-state index contributed by atoms with van der Waals surface area (Å²) in [6, 6.07) is 0. The number of aldehydes is 1. The topological polar surface area (TPSA) is 54.4 Å². The monoisotopic (exact) mass is 116 g/mol. The van der Waals surface area contributed by atoms with Gasteiger partial charge in [-0.25, -0.2) is 0 Å². The Morgan fingerprint density at radius 3 is 2.38 bits per heavy atom. The van der Waals surface area contributed by atoms with E-state index in [0.29, 0.717) is 6.29 Å². The molecular formula is C5H8O3. The molecule has 8 heavy (non-hydrogen) atoms. The maximum absolute atomic E-state index is 10.2. The molecule has 0 aliphatic heterocycles. The van der Waals surface area contributed by atoms with Gasteiger partial charge in [-0.15, -0.1) is 0 Å². The summed E-state index contributed by atoms with van der Waals surface area (Å²) >= 11 is 0. The predicted molar refractivity (Wildman–Crippen MR) is 27.3 cm³/mol. The number of hydrogen-bond acceptors (Lipinski definition) is 3. The van der Waals surface area contributed by atoms with E-state index in [1.807, 2.05) is 0 Å². The Kier molecular flexibility index (Phi) is 3.03. The maximum atomic E-state index is 10.2. The number of hydrogen-bond donors (Lipinski definition) is 1. The van der Waals surface area contributed by atoms with Gasteiger partial charge in [0.1, 0.15) is 12.1 Å². The Hall–Kier alpha value is -0.700. The van der Waals surface area contributed by atoms with Crippen LogP contribution in [0.25, 0.3) is 0 Å². The molecule has 3 heteroatoms. The maximum Gasteiger partial charge on any atom is 0.142 e. The number of carbonyl (C=O) groups excluding carboxylic acids is 2. The highest BCUT2D eigenvalue weighted by Crippen LogP contribution is 1.89. The average molecular weight is 116 g/mol. The van der Waals surface area contributed by atoms with Crippen LogP contribution in [0.3, 0.4) is 0 Å². The molecule has 0 aromatic heterocycles. The molecule has 1 atom stereocenters. The van der Waals surface area contributed by atoms with Crippen LogP contribution < -0.4 is 0 Å². The molecule has 0 aliphatic carbocycles. The molecule has 0 aromatic carbocycles. The van der Waals surface area contributed by atoms with Crippen molar-refractivity contribution in [3.05, 3.63) is 0 Å². The number of carbonyl (C=O) groups is 2. The molecule has 3 nitrogen and oxygen atoms in total. The smallest absolute Gasteiger partial charge is 0.142 e. The van der Waals surface area contributed by atoms with Gasteiger partial charge in [0.25, 0.3) is 0 Å². The van der Waals surface area contributed by atoms with Crippen molar-refractivity contribution in [3.8, 4) is 0 Å². The van der Waals surface area contributed by atoms with E-state index in [4.69, 9.17) is 5.11 Å². The molecule has 46 valence electrons. The standard InChI is InChI=1S/C5H8O3/c1-4(8)5(2-6)3-7/h2,5,7H,3H2,1H3. The molecule has 1 unspecified atom stereocenters. The Morgan fingerprint density at radius 1 is 1.88 bits per heavy atom. The van der Waals surface area contributed by atoms with Crippen molar-refractivity contribution in [1.82, 2.24) is 0 Å². The molecule has 0 radical (unpaired) electrons. The Labute approximate surface area is 47.3 Å². The first-order chi connectivity index (χ1) is 3.72. The number of aliphatic hydroxyl groups is 1. The fourth-order valence-corrected chi connectivity index (χ4v) is 0.267. The van der Waals surface area contributed by atoms with Gasteiger partial charge >= 0.3 is 0 Å². The van der Waals surface area contributed by atoms with E-state index in [2.05, 4.69) is 0 Å². The van der Waals surface area contributed by atoms with Gasteiger partial charge in [-0.2, -0.15) is 0 Å². The van der Waals surface area contributed by atoms with Gasteiger partial charge in [0, 0.05) is 0 Å². The van der Waals surface area contributed by atoms with E-state index in [0.717, 1.165) is 0 Å². The van der Waals surface area contributed by atoms with Gasteiger partial charge in [-0.1, -0.05) is 0 Å². The summed E-state index contributed by atoms with van der Waals surface area (Å²) in [6.45, 7) is 0.897. The third-order valence-electron chi connectivity index (χ3n) is 0.883. The fraction of sp³-hybridized carbons (Fsp3) is 0.600. The second-order valence-electron chi connectivity index (χ2n) is 1.54. The van der Waals surface area contributed by atoms with Crippen LogP contribution in [0.2, 0.25) is 0 Å². The van der Waals surface area contributed by atoms with Crippen molar-refractivity contribution in [2.75, 3.05) is 6.61 Å². The third-order valence-corrected chi connectivity index (χ3v) is 0.883. The lowest BCUT2D eigenvalue weighted by atomic mass is 10.1. The SMILES string of the molecule is CC(=O)C(C=O)CO. The summed E-state index contributed by atoms with van der Waals surface area (Å²) in [5.74, 6) is -1.10. The summed E-state index contributed by atoms with van der Waals surface area (Å²) in [7, 11) is 0. The molecule has 0 saturated carbocycles. The van der Waals surface area contributed by atoms with E-state index in [1.54, 1.807) is 0 Å². The predicted octanol–water partition coefficient (Wildman–Crippen LogP) is -0.617. The average Bonchev–Trinajstić information content (AvgIpc) is 1.69. The number of aliphatic hydroxyl groups excluding tert-OH is 1. The Bertz CT molecular complexity index is 97.8. The minimum Gasteiger partial charge on any atom is -0.395 e. The number of ketones is 1.